The molecule has 0 radical (unpaired) electrons. The number of carbonyl (C=O) groups excluding carboxylic acids is 1. The topological polar surface area (TPSA) is 69.7 Å². The molecular formula is C17H23N3O3S. The molecule has 0 aromatic heterocycles. The van der Waals surface area contributed by atoms with Crippen LogP contribution in [0.15, 0.2) is 24.3 Å². The minimum Gasteiger partial charge on any atom is -0.338 e. The molecule has 130 valence electrons. The molecule has 24 heavy (non-hydrogen) atoms. The summed E-state index contributed by atoms with van der Waals surface area (Å²) in [6.07, 6.45) is 4.44. The van der Waals surface area contributed by atoms with Crippen molar-refractivity contribution in [3.63, 3.8) is 0 Å². The van der Waals surface area contributed by atoms with Gasteiger partial charge in [-0.3, -0.25) is 4.79 Å². The van der Waals surface area contributed by atoms with Crippen LogP contribution in [0.4, 0.5) is 0 Å². The van der Waals surface area contributed by atoms with Crippen LogP contribution in [0.3, 0.4) is 0 Å². The van der Waals surface area contributed by atoms with Gasteiger partial charge in [0.15, 0.2) is 0 Å². The third-order valence-electron chi connectivity index (χ3n) is 5.44. The first-order valence-corrected chi connectivity index (χ1v) is 10.1. The first-order valence-electron chi connectivity index (χ1n) is 8.69. The van der Waals surface area contributed by atoms with Crippen LogP contribution in [0.25, 0.3) is 0 Å². The maximum absolute atomic E-state index is 12.7. The summed E-state index contributed by atoms with van der Waals surface area (Å²) in [5, 5.41) is 0. The minimum atomic E-state index is -3.65. The van der Waals surface area contributed by atoms with Crippen molar-refractivity contribution in [3.8, 4) is 0 Å². The van der Waals surface area contributed by atoms with Crippen molar-refractivity contribution in [2.24, 2.45) is 0 Å². The zero-order valence-electron chi connectivity index (χ0n) is 13.6. The molecule has 0 bridgehead atoms. The molecule has 1 aromatic rings. The lowest BCUT2D eigenvalue weighted by molar-refractivity contribution is -0.131. The maximum atomic E-state index is 12.7. The van der Waals surface area contributed by atoms with Gasteiger partial charge in [-0.05, 0) is 43.2 Å². The van der Waals surface area contributed by atoms with E-state index < -0.39 is 16.3 Å². The van der Waals surface area contributed by atoms with E-state index in [2.05, 4.69) is 4.72 Å². The first kappa shape index (κ1) is 16.1. The maximum Gasteiger partial charge on any atom is 0.280 e. The molecule has 0 aliphatic carbocycles. The monoisotopic (exact) mass is 349 g/mol. The van der Waals surface area contributed by atoms with E-state index in [1.807, 2.05) is 29.2 Å². The van der Waals surface area contributed by atoms with Crippen LogP contribution in [0.1, 0.15) is 36.8 Å². The Hall–Kier alpha value is -1.44. The van der Waals surface area contributed by atoms with Crippen LogP contribution in [-0.4, -0.2) is 48.7 Å². The molecule has 7 heteroatoms. The number of hydrogen-bond acceptors (Lipinski definition) is 3. The van der Waals surface area contributed by atoms with Crippen molar-refractivity contribution < 1.29 is 13.2 Å². The van der Waals surface area contributed by atoms with Crippen molar-refractivity contribution in [1.82, 2.24) is 13.9 Å². The number of nitrogens with one attached hydrogen (secondary N) is 1. The number of benzene rings is 1. The number of fused-ring (bicyclic) bond motifs is 2. The van der Waals surface area contributed by atoms with Gasteiger partial charge in [0.05, 0.1) is 0 Å². The van der Waals surface area contributed by atoms with Gasteiger partial charge in [-0.25, -0.2) is 0 Å². The Morgan fingerprint density at radius 2 is 1.88 bits per heavy atom. The van der Waals surface area contributed by atoms with Crippen LogP contribution in [0, 0.1) is 0 Å². The summed E-state index contributed by atoms with van der Waals surface area (Å²) in [6, 6.07) is 7.54. The Labute approximate surface area is 143 Å². The van der Waals surface area contributed by atoms with Crippen molar-refractivity contribution in [2.45, 2.75) is 50.7 Å². The van der Waals surface area contributed by atoms with E-state index in [-0.39, 0.29) is 11.9 Å². The molecule has 1 aromatic carbocycles. The van der Waals surface area contributed by atoms with E-state index in [4.69, 9.17) is 0 Å². The SMILES string of the molecule is O=C1C(NS(=O)(=O)N2CCc3ccccc3C2)CC2CCCCN12. The average molecular weight is 349 g/mol. The number of nitrogens with zero attached hydrogens (tertiary/aromatic N) is 2. The van der Waals surface area contributed by atoms with Gasteiger partial charge >= 0.3 is 0 Å². The molecule has 0 spiro atoms. The van der Waals surface area contributed by atoms with E-state index >= 15 is 0 Å². The zero-order chi connectivity index (χ0) is 16.7. The fraction of sp³-hybridized carbons (Fsp3) is 0.588. The Bertz CT molecular complexity index is 749. The van der Waals surface area contributed by atoms with E-state index in [1.54, 1.807) is 0 Å². The smallest absolute Gasteiger partial charge is 0.280 e. The average Bonchev–Trinajstić information content (AvgIpc) is 2.90. The summed E-state index contributed by atoms with van der Waals surface area (Å²) in [4.78, 5) is 14.3. The van der Waals surface area contributed by atoms with Crippen molar-refractivity contribution in [1.29, 1.82) is 0 Å². The van der Waals surface area contributed by atoms with Crippen LogP contribution in [0.2, 0.25) is 0 Å². The predicted molar refractivity (Wildman–Crippen MR) is 90.4 cm³/mol. The number of carbonyl (C=O) groups is 1. The highest BCUT2D eigenvalue weighted by atomic mass is 32.2. The number of amides is 1. The molecule has 1 N–H and O–H groups in total. The summed E-state index contributed by atoms with van der Waals surface area (Å²) in [6.45, 7) is 1.60. The normalized spacial score (nSPS) is 27.8. The third-order valence-corrected chi connectivity index (χ3v) is 7.02. The second-order valence-corrected chi connectivity index (χ2v) is 8.65. The van der Waals surface area contributed by atoms with Gasteiger partial charge in [-0.15, -0.1) is 0 Å². The van der Waals surface area contributed by atoms with Gasteiger partial charge in [0.2, 0.25) is 5.91 Å². The largest absolute Gasteiger partial charge is 0.338 e. The number of hydrogen-bond donors (Lipinski definition) is 1. The Morgan fingerprint density at radius 3 is 2.67 bits per heavy atom. The molecule has 6 nitrogen and oxygen atoms in total. The molecule has 4 rings (SSSR count). The second-order valence-electron chi connectivity index (χ2n) is 6.94. The van der Waals surface area contributed by atoms with Gasteiger partial charge in [-0.1, -0.05) is 24.3 Å². The molecule has 0 saturated carbocycles. The molecular weight excluding hydrogens is 326 g/mol. The van der Waals surface area contributed by atoms with Crippen LogP contribution < -0.4 is 4.72 Å². The fourth-order valence-electron chi connectivity index (χ4n) is 4.14. The molecule has 2 atom stereocenters. The van der Waals surface area contributed by atoms with Crippen LogP contribution in [-0.2, 0) is 28.0 Å². The molecule has 3 heterocycles. The van der Waals surface area contributed by atoms with Crippen molar-refractivity contribution >= 4 is 16.1 Å². The number of piperidine rings is 1. The molecule has 1 amide bonds. The standard InChI is InChI=1S/C17H23N3O3S/c21-17-16(11-15-7-3-4-9-20(15)17)18-24(22,23)19-10-8-13-5-1-2-6-14(13)12-19/h1-2,5-6,15-16,18H,3-4,7-12H2. The summed E-state index contributed by atoms with van der Waals surface area (Å²) >= 11 is 0. The van der Waals surface area contributed by atoms with E-state index in [0.717, 1.165) is 31.4 Å². The van der Waals surface area contributed by atoms with Crippen molar-refractivity contribution in [2.75, 3.05) is 13.1 Å². The summed E-state index contributed by atoms with van der Waals surface area (Å²) in [7, 11) is -3.65. The van der Waals surface area contributed by atoms with E-state index in [0.29, 0.717) is 25.9 Å². The zero-order valence-corrected chi connectivity index (χ0v) is 14.5. The lowest BCUT2D eigenvalue weighted by Gasteiger charge is -2.29. The minimum absolute atomic E-state index is 0.0549. The quantitative estimate of drug-likeness (QED) is 0.886. The number of rotatable bonds is 3. The highest BCUT2D eigenvalue weighted by Crippen LogP contribution is 2.29. The molecule has 3 aliphatic rings. The molecule has 2 saturated heterocycles. The van der Waals surface area contributed by atoms with Gasteiger partial charge in [0.25, 0.3) is 10.2 Å². The first-order chi connectivity index (χ1) is 11.5. The van der Waals surface area contributed by atoms with Gasteiger partial charge < -0.3 is 4.90 Å². The Morgan fingerprint density at radius 1 is 1.08 bits per heavy atom. The highest BCUT2D eigenvalue weighted by Gasteiger charge is 2.43. The fourth-order valence-corrected chi connectivity index (χ4v) is 5.48. The molecule has 3 aliphatic heterocycles. The van der Waals surface area contributed by atoms with Gasteiger partial charge in [-0.2, -0.15) is 17.4 Å². The Balaban J connectivity index is 1.47. The lowest BCUT2D eigenvalue weighted by Crippen LogP contribution is -2.49. The van der Waals surface area contributed by atoms with Crippen molar-refractivity contribution in [3.05, 3.63) is 35.4 Å². The van der Waals surface area contributed by atoms with Crippen LogP contribution >= 0.6 is 0 Å². The summed E-state index contributed by atoms with van der Waals surface area (Å²) in [5.41, 5.74) is 2.25. The lowest BCUT2D eigenvalue weighted by atomic mass is 10.0. The Kier molecular flexibility index (Phi) is 4.10. The summed E-state index contributed by atoms with van der Waals surface area (Å²) < 4.78 is 29.6. The summed E-state index contributed by atoms with van der Waals surface area (Å²) in [5.74, 6) is -0.0549. The predicted octanol–water partition coefficient (Wildman–Crippen LogP) is 1.03. The van der Waals surface area contributed by atoms with E-state index in [9.17, 15) is 13.2 Å². The van der Waals surface area contributed by atoms with E-state index in [1.165, 1.54) is 9.87 Å². The second kappa shape index (κ2) is 6.13. The molecule has 2 fully saturated rings. The molecule has 2 unspecified atom stereocenters. The highest BCUT2D eigenvalue weighted by molar-refractivity contribution is 7.87. The van der Waals surface area contributed by atoms with Gasteiger partial charge in [0.1, 0.15) is 6.04 Å². The third kappa shape index (κ3) is 2.85. The van der Waals surface area contributed by atoms with Gasteiger partial charge in [0, 0.05) is 25.7 Å². The van der Waals surface area contributed by atoms with Crippen LogP contribution in [0.5, 0.6) is 0 Å².